The van der Waals surface area contributed by atoms with Crippen LogP contribution in [0, 0.1) is 5.82 Å². The smallest absolute Gasteiger partial charge is 0.272 e. The first-order valence-electron chi connectivity index (χ1n) is 17.5. The molecule has 50 heavy (non-hydrogen) atoms. The van der Waals surface area contributed by atoms with Crippen molar-refractivity contribution < 1.29 is 18.7 Å². The lowest BCUT2D eigenvalue weighted by Crippen LogP contribution is -2.44. The first kappa shape index (κ1) is 33.4. The summed E-state index contributed by atoms with van der Waals surface area (Å²) in [6.07, 6.45) is 7.74. The molecule has 10 nitrogen and oxygen atoms in total. The zero-order chi connectivity index (χ0) is 34.3. The molecule has 11 heteroatoms. The molecule has 0 bridgehead atoms. The van der Waals surface area contributed by atoms with Gasteiger partial charge >= 0.3 is 0 Å². The van der Waals surface area contributed by atoms with Gasteiger partial charge in [0.15, 0.2) is 5.69 Å². The molecule has 2 aromatic carbocycles. The maximum atomic E-state index is 14.3. The van der Waals surface area contributed by atoms with Crippen molar-refractivity contribution in [2.75, 3.05) is 32.7 Å². The van der Waals surface area contributed by atoms with Gasteiger partial charge in [0.2, 0.25) is 5.88 Å². The molecule has 0 radical (unpaired) electrons. The van der Waals surface area contributed by atoms with E-state index in [-0.39, 0.29) is 29.4 Å². The number of hydrogen-bond donors (Lipinski definition) is 3. The second kappa shape index (κ2) is 15.6. The highest BCUT2D eigenvalue weighted by atomic mass is 19.1. The largest absolute Gasteiger partial charge is 0.438 e. The third-order valence-corrected chi connectivity index (χ3v) is 9.55. The molecule has 1 saturated heterocycles. The van der Waals surface area contributed by atoms with E-state index in [1.54, 1.807) is 22.8 Å². The van der Waals surface area contributed by atoms with Crippen molar-refractivity contribution in [1.29, 1.82) is 0 Å². The summed E-state index contributed by atoms with van der Waals surface area (Å²) in [5.74, 6) is -0.755. The summed E-state index contributed by atoms with van der Waals surface area (Å²) in [4.78, 5) is 32.9. The summed E-state index contributed by atoms with van der Waals surface area (Å²) >= 11 is 0. The van der Waals surface area contributed by atoms with Crippen LogP contribution < -0.4 is 20.7 Å². The number of halogens is 1. The molecule has 7 rings (SSSR count). The van der Waals surface area contributed by atoms with Gasteiger partial charge in [0.1, 0.15) is 17.1 Å². The van der Waals surface area contributed by atoms with E-state index in [0.717, 1.165) is 74.5 Å². The summed E-state index contributed by atoms with van der Waals surface area (Å²) in [7, 11) is 0. The maximum absolute atomic E-state index is 14.3. The van der Waals surface area contributed by atoms with Gasteiger partial charge in [0.25, 0.3) is 11.8 Å². The highest BCUT2D eigenvalue weighted by Gasteiger charge is 2.26. The van der Waals surface area contributed by atoms with Gasteiger partial charge < -0.3 is 25.6 Å². The second-order valence-electron chi connectivity index (χ2n) is 13.1. The number of piperazine rings is 1. The number of hydrogen-bond acceptors (Lipinski definition) is 7. The van der Waals surface area contributed by atoms with Crippen LogP contribution in [-0.2, 0) is 6.42 Å². The minimum Gasteiger partial charge on any atom is -0.438 e. The van der Waals surface area contributed by atoms with E-state index >= 15 is 0 Å². The number of amides is 2. The molecule has 0 spiro atoms. The van der Waals surface area contributed by atoms with E-state index in [9.17, 15) is 14.0 Å². The first-order valence-corrected chi connectivity index (χ1v) is 17.5. The molecule has 258 valence electrons. The Morgan fingerprint density at radius 1 is 0.860 bits per heavy atom. The summed E-state index contributed by atoms with van der Waals surface area (Å²) in [6.45, 7) is 5.49. The van der Waals surface area contributed by atoms with E-state index in [4.69, 9.17) is 4.74 Å². The number of benzene rings is 2. The van der Waals surface area contributed by atoms with E-state index < -0.39 is 11.7 Å². The number of aryl methyl sites for hydroxylation is 1. The first-order chi connectivity index (χ1) is 24.5. The number of pyridine rings is 2. The fraction of sp³-hybridized carbons (Fsp3) is 0.333. The highest BCUT2D eigenvalue weighted by Crippen LogP contribution is 2.29. The van der Waals surface area contributed by atoms with Crippen molar-refractivity contribution in [2.24, 2.45) is 0 Å². The van der Waals surface area contributed by atoms with Gasteiger partial charge in [-0.15, -0.1) is 0 Å². The Morgan fingerprint density at radius 2 is 1.62 bits per heavy atom. The number of carbonyl (C=O) groups is 2. The number of ether oxygens (including phenoxy) is 1. The molecule has 2 aliphatic rings. The summed E-state index contributed by atoms with van der Waals surface area (Å²) in [5.41, 5.74) is 4.58. The number of nitrogens with zero attached hydrogens (tertiary/aromatic N) is 4. The normalized spacial score (nSPS) is 18.1. The van der Waals surface area contributed by atoms with Gasteiger partial charge in [0.05, 0.1) is 11.7 Å². The fourth-order valence-corrected chi connectivity index (χ4v) is 6.78. The van der Waals surface area contributed by atoms with Crippen LogP contribution in [0.4, 0.5) is 4.39 Å². The molecule has 4 heterocycles. The summed E-state index contributed by atoms with van der Waals surface area (Å²) in [6, 6.07) is 24.6. The van der Waals surface area contributed by atoms with Crippen molar-refractivity contribution >= 4 is 17.3 Å². The van der Waals surface area contributed by atoms with Crippen molar-refractivity contribution in [1.82, 2.24) is 35.4 Å². The number of nitrogens with one attached hydrogen (secondary N) is 3. The monoisotopic (exact) mass is 675 g/mol. The minimum absolute atomic E-state index is 0.0268. The SMILES string of the molecule is O=C(N[C@H]1CC[C@@H](NC(=O)c2cc(F)cnc2Oc2cccc(-c3ccc(CCCN4CCNCC4)cc3)c2)CC1)c1cc2ccccn2n1. The van der Waals surface area contributed by atoms with Gasteiger partial charge in [-0.3, -0.25) is 9.59 Å². The van der Waals surface area contributed by atoms with Crippen molar-refractivity contribution in [3.63, 3.8) is 0 Å². The van der Waals surface area contributed by atoms with Gasteiger partial charge in [-0.25, -0.2) is 13.9 Å². The Bertz CT molecular complexity index is 1900. The zero-order valence-corrected chi connectivity index (χ0v) is 28.0. The predicted molar refractivity (Wildman–Crippen MR) is 190 cm³/mol. The van der Waals surface area contributed by atoms with Crippen molar-refractivity contribution in [3.05, 3.63) is 114 Å². The molecular formula is C39H42FN7O3. The van der Waals surface area contributed by atoms with Crippen LogP contribution in [0.15, 0.2) is 91.3 Å². The van der Waals surface area contributed by atoms with Crippen molar-refractivity contribution in [3.8, 4) is 22.8 Å². The van der Waals surface area contributed by atoms with Gasteiger partial charge in [-0.05, 0) is 98.2 Å². The lowest BCUT2D eigenvalue weighted by Gasteiger charge is -2.29. The Balaban J connectivity index is 0.929. The molecule has 3 aromatic heterocycles. The van der Waals surface area contributed by atoms with Crippen LogP contribution in [0.3, 0.4) is 0 Å². The highest BCUT2D eigenvalue weighted by molar-refractivity contribution is 5.96. The average molecular weight is 676 g/mol. The number of rotatable bonds is 11. The van der Waals surface area contributed by atoms with Crippen LogP contribution in [0.25, 0.3) is 16.6 Å². The molecule has 1 aliphatic heterocycles. The Labute approximate surface area is 291 Å². The minimum atomic E-state index is -0.623. The summed E-state index contributed by atoms with van der Waals surface area (Å²) in [5, 5.41) is 13.9. The zero-order valence-electron chi connectivity index (χ0n) is 28.0. The Hall–Kier alpha value is -5.13. The average Bonchev–Trinajstić information content (AvgIpc) is 3.59. The van der Waals surface area contributed by atoms with Crippen LogP contribution in [-0.4, -0.2) is 76.1 Å². The lowest BCUT2D eigenvalue weighted by molar-refractivity contribution is 0.0887. The van der Waals surface area contributed by atoms with Crippen LogP contribution >= 0.6 is 0 Å². The topological polar surface area (TPSA) is 113 Å². The van der Waals surface area contributed by atoms with E-state index in [2.05, 4.69) is 55.2 Å². The van der Waals surface area contributed by atoms with E-state index in [1.165, 1.54) is 5.56 Å². The molecular weight excluding hydrogens is 633 g/mol. The molecule has 1 saturated carbocycles. The third-order valence-electron chi connectivity index (χ3n) is 9.55. The molecule has 2 fully saturated rings. The predicted octanol–water partition coefficient (Wildman–Crippen LogP) is 5.64. The standard InChI is InChI=1S/C39H42FN7O3/c40-30-24-35(37(48)43-31-13-15-32(16-14-31)44-38(49)36-25-33-7-1-2-20-47(33)45-36)39(42-26-30)50-34-8-3-6-29(23-34)28-11-9-27(10-12-28)5-4-19-46-21-17-41-18-22-46/h1-3,6-12,20,23-26,31-32,41H,4-5,13-19,21-22H2,(H,43,48)(H,44,49)/t31-,32+. The van der Waals surface area contributed by atoms with Crippen molar-refractivity contribution in [2.45, 2.75) is 50.6 Å². The van der Waals surface area contributed by atoms with Gasteiger partial charge in [-0.1, -0.05) is 42.5 Å². The summed E-state index contributed by atoms with van der Waals surface area (Å²) < 4.78 is 22.1. The fourth-order valence-electron chi connectivity index (χ4n) is 6.78. The quantitative estimate of drug-likeness (QED) is 0.166. The van der Waals surface area contributed by atoms with Gasteiger partial charge in [0, 0.05) is 44.5 Å². The molecule has 5 aromatic rings. The van der Waals surface area contributed by atoms with Crippen LogP contribution in [0.5, 0.6) is 11.6 Å². The molecule has 1 aliphatic carbocycles. The van der Waals surface area contributed by atoms with Crippen LogP contribution in [0.2, 0.25) is 0 Å². The maximum Gasteiger partial charge on any atom is 0.272 e. The number of aromatic nitrogens is 3. The molecule has 0 atom stereocenters. The third kappa shape index (κ3) is 8.35. The molecule has 0 unspecified atom stereocenters. The molecule has 2 amide bonds. The van der Waals surface area contributed by atoms with E-state index in [0.29, 0.717) is 37.1 Å². The van der Waals surface area contributed by atoms with E-state index in [1.807, 2.05) is 36.4 Å². The molecule has 3 N–H and O–H groups in total. The lowest BCUT2D eigenvalue weighted by atomic mass is 9.91. The number of carbonyl (C=O) groups excluding carboxylic acids is 2. The Morgan fingerprint density at radius 3 is 2.38 bits per heavy atom. The van der Waals surface area contributed by atoms with Crippen LogP contribution in [0.1, 0.15) is 58.5 Å². The number of fused-ring (bicyclic) bond motifs is 1. The second-order valence-corrected chi connectivity index (χ2v) is 13.1. The van der Waals surface area contributed by atoms with Gasteiger partial charge in [-0.2, -0.15) is 5.10 Å². The Kier molecular flexibility index (Phi) is 10.4.